The summed E-state index contributed by atoms with van der Waals surface area (Å²) in [5.41, 5.74) is 1.35. The van der Waals surface area contributed by atoms with Gasteiger partial charge in [0.1, 0.15) is 0 Å². The number of benzene rings is 1. The summed E-state index contributed by atoms with van der Waals surface area (Å²) < 4.78 is 6.78. The zero-order valence-electron chi connectivity index (χ0n) is 10.9. The molecule has 100 valence electrons. The smallest absolute Gasteiger partial charge is 0.0635 e. The lowest BCUT2D eigenvalue weighted by Gasteiger charge is -2.36. The molecule has 1 atom stereocenters. The molecule has 3 nitrogen and oxygen atoms in total. The molecule has 0 bridgehead atoms. The van der Waals surface area contributed by atoms with Gasteiger partial charge < -0.3 is 10.1 Å². The van der Waals surface area contributed by atoms with E-state index in [9.17, 15) is 0 Å². The van der Waals surface area contributed by atoms with E-state index in [1.165, 1.54) is 10.0 Å². The summed E-state index contributed by atoms with van der Waals surface area (Å²) in [6.07, 6.45) is 0. The quantitative estimate of drug-likeness (QED) is 0.902. The third kappa shape index (κ3) is 3.79. The summed E-state index contributed by atoms with van der Waals surface area (Å²) >= 11 is 3.62. The number of hydrogen-bond donors (Lipinski definition) is 1. The molecule has 0 amide bonds. The van der Waals surface area contributed by atoms with Crippen LogP contribution in [0.25, 0.3) is 0 Å². The van der Waals surface area contributed by atoms with Crippen LogP contribution in [0, 0.1) is 0 Å². The van der Waals surface area contributed by atoms with Crippen molar-refractivity contribution in [1.82, 2.24) is 10.2 Å². The fourth-order valence-electron chi connectivity index (χ4n) is 2.24. The predicted molar refractivity (Wildman–Crippen MR) is 77.7 cm³/mol. The monoisotopic (exact) mass is 312 g/mol. The molecule has 1 unspecified atom stereocenters. The highest BCUT2D eigenvalue weighted by atomic mass is 79.9. The van der Waals surface area contributed by atoms with Crippen LogP contribution in [0.5, 0.6) is 0 Å². The van der Waals surface area contributed by atoms with E-state index in [1.54, 1.807) is 0 Å². The van der Waals surface area contributed by atoms with Crippen LogP contribution >= 0.6 is 15.9 Å². The van der Waals surface area contributed by atoms with Crippen LogP contribution in [0.15, 0.2) is 28.7 Å². The maximum atomic E-state index is 5.58. The average molecular weight is 313 g/mol. The van der Waals surface area contributed by atoms with Gasteiger partial charge in [0, 0.05) is 30.1 Å². The number of halogens is 1. The van der Waals surface area contributed by atoms with E-state index >= 15 is 0 Å². The molecule has 1 N–H and O–H groups in total. The standard InChI is InChI=1S/C14H21BrN2O/c1-2-16-9-13-11-18-8-7-17(13)10-12-5-3-4-6-14(12)15/h3-6,13,16H,2,7-11H2,1H3. The van der Waals surface area contributed by atoms with E-state index in [-0.39, 0.29) is 0 Å². The van der Waals surface area contributed by atoms with Gasteiger partial charge in [-0.2, -0.15) is 0 Å². The van der Waals surface area contributed by atoms with E-state index in [4.69, 9.17) is 4.74 Å². The molecule has 1 aliphatic heterocycles. The number of morpholine rings is 1. The molecule has 1 fully saturated rings. The Kier molecular flexibility index (Phi) is 5.63. The lowest BCUT2D eigenvalue weighted by Crippen LogP contribution is -2.49. The second-order valence-corrected chi connectivity index (χ2v) is 5.45. The number of ether oxygens (including phenoxy) is 1. The van der Waals surface area contributed by atoms with Crippen LogP contribution in [0.1, 0.15) is 12.5 Å². The Hall–Kier alpha value is -0.420. The Morgan fingerprint density at radius 2 is 2.28 bits per heavy atom. The largest absolute Gasteiger partial charge is 0.378 e. The Labute approximate surface area is 118 Å². The zero-order valence-corrected chi connectivity index (χ0v) is 12.4. The van der Waals surface area contributed by atoms with E-state index in [2.05, 4.69) is 57.3 Å². The molecule has 1 heterocycles. The van der Waals surface area contributed by atoms with Crippen molar-refractivity contribution in [2.24, 2.45) is 0 Å². The molecule has 0 saturated carbocycles. The summed E-state index contributed by atoms with van der Waals surface area (Å²) in [6.45, 7) is 7.82. The lowest BCUT2D eigenvalue weighted by atomic mass is 10.1. The minimum absolute atomic E-state index is 0.478. The van der Waals surface area contributed by atoms with Crippen molar-refractivity contribution >= 4 is 15.9 Å². The minimum atomic E-state index is 0.478. The average Bonchev–Trinajstić information content (AvgIpc) is 2.40. The maximum Gasteiger partial charge on any atom is 0.0635 e. The summed E-state index contributed by atoms with van der Waals surface area (Å²) in [6, 6.07) is 8.92. The first kappa shape index (κ1) is 14.0. The number of nitrogens with zero attached hydrogens (tertiary/aromatic N) is 1. The van der Waals surface area contributed by atoms with Gasteiger partial charge in [-0.3, -0.25) is 4.90 Å². The van der Waals surface area contributed by atoms with Crippen LogP contribution in [0.3, 0.4) is 0 Å². The molecule has 1 saturated heterocycles. The van der Waals surface area contributed by atoms with Gasteiger partial charge in [-0.1, -0.05) is 41.1 Å². The van der Waals surface area contributed by atoms with Gasteiger partial charge in [-0.05, 0) is 18.2 Å². The molecule has 2 rings (SSSR count). The van der Waals surface area contributed by atoms with E-state index in [0.717, 1.165) is 39.4 Å². The normalized spacial score (nSPS) is 21.1. The second kappa shape index (κ2) is 7.24. The topological polar surface area (TPSA) is 24.5 Å². The van der Waals surface area contributed by atoms with Crippen LogP contribution < -0.4 is 5.32 Å². The van der Waals surface area contributed by atoms with Gasteiger partial charge in [0.05, 0.1) is 13.2 Å². The minimum Gasteiger partial charge on any atom is -0.378 e. The highest BCUT2D eigenvalue weighted by Crippen LogP contribution is 2.19. The Bertz CT molecular complexity index is 373. The fraction of sp³-hybridized carbons (Fsp3) is 0.571. The fourth-order valence-corrected chi connectivity index (χ4v) is 2.65. The number of rotatable bonds is 5. The molecule has 0 radical (unpaired) electrons. The Morgan fingerprint density at radius 1 is 1.44 bits per heavy atom. The number of nitrogens with one attached hydrogen (secondary N) is 1. The molecular weight excluding hydrogens is 292 g/mol. The van der Waals surface area contributed by atoms with Gasteiger partial charge in [0.15, 0.2) is 0 Å². The van der Waals surface area contributed by atoms with Crippen LogP contribution in [-0.4, -0.2) is 43.8 Å². The third-order valence-electron chi connectivity index (χ3n) is 3.31. The highest BCUT2D eigenvalue weighted by molar-refractivity contribution is 9.10. The van der Waals surface area contributed by atoms with Crippen molar-refractivity contribution < 1.29 is 4.74 Å². The SMILES string of the molecule is CCNCC1COCCN1Cc1ccccc1Br. The first-order valence-corrected chi connectivity index (χ1v) is 7.36. The van der Waals surface area contributed by atoms with Crippen molar-refractivity contribution in [3.8, 4) is 0 Å². The molecule has 1 aromatic rings. The molecule has 1 aliphatic rings. The van der Waals surface area contributed by atoms with E-state index in [0.29, 0.717) is 6.04 Å². The summed E-state index contributed by atoms with van der Waals surface area (Å²) in [7, 11) is 0. The summed E-state index contributed by atoms with van der Waals surface area (Å²) in [4.78, 5) is 2.51. The van der Waals surface area contributed by atoms with Crippen molar-refractivity contribution in [1.29, 1.82) is 0 Å². The summed E-state index contributed by atoms with van der Waals surface area (Å²) in [5.74, 6) is 0. The van der Waals surface area contributed by atoms with Gasteiger partial charge in [-0.25, -0.2) is 0 Å². The van der Waals surface area contributed by atoms with Crippen molar-refractivity contribution in [3.05, 3.63) is 34.3 Å². The van der Waals surface area contributed by atoms with Crippen molar-refractivity contribution in [2.75, 3.05) is 32.8 Å². The maximum absolute atomic E-state index is 5.58. The van der Waals surface area contributed by atoms with Crippen molar-refractivity contribution in [3.63, 3.8) is 0 Å². The van der Waals surface area contributed by atoms with Gasteiger partial charge >= 0.3 is 0 Å². The molecule has 0 spiro atoms. The Balaban J connectivity index is 1.98. The first-order chi connectivity index (χ1) is 8.81. The molecule has 18 heavy (non-hydrogen) atoms. The first-order valence-electron chi connectivity index (χ1n) is 6.57. The number of hydrogen-bond acceptors (Lipinski definition) is 3. The van der Waals surface area contributed by atoms with E-state index in [1.807, 2.05) is 0 Å². The third-order valence-corrected chi connectivity index (χ3v) is 4.08. The van der Waals surface area contributed by atoms with Crippen LogP contribution in [0.2, 0.25) is 0 Å². The molecule has 1 aromatic carbocycles. The highest BCUT2D eigenvalue weighted by Gasteiger charge is 2.22. The summed E-state index contributed by atoms with van der Waals surface area (Å²) in [5, 5.41) is 3.41. The van der Waals surface area contributed by atoms with Crippen molar-refractivity contribution in [2.45, 2.75) is 19.5 Å². The van der Waals surface area contributed by atoms with Crippen LogP contribution in [0.4, 0.5) is 0 Å². The lowest BCUT2D eigenvalue weighted by molar-refractivity contribution is -0.0108. The van der Waals surface area contributed by atoms with Crippen LogP contribution in [-0.2, 0) is 11.3 Å². The van der Waals surface area contributed by atoms with Gasteiger partial charge in [0.2, 0.25) is 0 Å². The molecule has 4 heteroatoms. The Morgan fingerprint density at radius 3 is 3.06 bits per heavy atom. The number of likely N-dealkylation sites (N-methyl/N-ethyl adjacent to an activating group) is 1. The van der Waals surface area contributed by atoms with Gasteiger partial charge in [-0.15, -0.1) is 0 Å². The molecular formula is C14H21BrN2O. The molecule has 0 aromatic heterocycles. The zero-order chi connectivity index (χ0) is 12.8. The molecule has 0 aliphatic carbocycles. The van der Waals surface area contributed by atoms with E-state index < -0.39 is 0 Å². The predicted octanol–water partition coefficient (Wildman–Crippen LogP) is 2.26. The van der Waals surface area contributed by atoms with Gasteiger partial charge in [0.25, 0.3) is 0 Å². The second-order valence-electron chi connectivity index (χ2n) is 4.60.